The number of hydrogen-bond acceptors (Lipinski definition) is 2. The summed E-state index contributed by atoms with van der Waals surface area (Å²) in [6, 6.07) is 1.48. The first-order chi connectivity index (χ1) is 8.25. The molecule has 1 aromatic rings. The normalized spacial score (nSPS) is 11.9. The van der Waals surface area contributed by atoms with E-state index in [0.717, 1.165) is 18.2 Å². The Balaban J connectivity index is 3.17. The van der Waals surface area contributed by atoms with Gasteiger partial charge in [0, 0.05) is 21.7 Å². The topological polar surface area (TPSA) is 26.3 Å². The molecule has 0 aliphatic heterocycles. The molecule has 98 valence electrons. The molecule has 2 nitrogen and oxygen atoms in total. The largest absolute Gasteiger partial charge is 0.466 e. The van der Waals surface area contributed by atoms with E-state index in [-0.39, 0.29) is 15.6 Å². The van der Waals surface area contributed by atoms with Crippen molar-refractivity contribution in [2.45, 2.75) is 6.18 Å². The van der Waals surface area contributed by atoms with Gasteiger partial charge >= 0.3 is 12.1 Å². The predicted molar refractivity (Wildman–Crippen MR) is 62.5 cm³/mol. The van der Waals surface area contributed by atoms with Gasteiger partial charge in [-0.05, 0) is 18.2 Å². The van der Waals surface area contributed by atoms with Gasteiger partial charge in [-0.15, -0.1) is 0 Å². The second-order valence-electron chi connectivity index (χ2n) is 3.21. The Kier molecular flexibility index (Phi) is 4.65. The molecule has 0 radical (unpaired) electrons. The van der Waals surface area contributed by atoms with Crippen LogP contribution in [0.3, 0.4) is 0 Å². The van der Waals surface area contributed by atoms with Crippen molar-refractivity contribution in [2.75, 3.05) is 7.11 Å². The summed E-state index contributed by atoms with van der Waals surface area (Å²) in [7, 11) is 1.17. The summed E-state index contributed by atoms with van der Waals surface area (Å²) in [4.78, 5) is 10.9. The number of benzene rings is 1. The van der Waals surface area contributed by atoms with Gasteiger partial charge < -0.3 is 4.74 Å². The highest BCUT2D eigenvalue weighted by molar-refractivity contribution is 6.37. The molecule has 0 saturated heterocycles. The molecule has 0 saturated carbocycles. The third kappa shape index (κ3) is 3.65. The van der Waals surface area contributed by atoms with Crippen molar-refractivity contribution in [3.8, 4) is 0 Å². The summed E-state index contributed by atoms with van der Waals surface area (Å²) in [5.74, 6) is -0.665. The van der Waals surface area contributed by atoms with Crippen LogP contribution < -0.4 is 0 Å². The minimum atomic E-state index is -4.53. The highest BCUT2D eigenvalue weighted by Crippen LogP contribution is 2.36. The molecule has 0 fully saturated rings. The number of carbonyl (C=O) groups excluding carboxylic acids is 1. The van der Waals surface area contributed by atoms with Gasteiger partial charge in [0.05, 0.1) is 12.7 Å². The lowest BCUT2D eigenvalue weighted by atomic mass is 10.1. The van der Waals surface area contributed by atoms with Crippen molar-refractivity contribution in [1.82, 2.24) is 0 Å². The van der Waals surface area contributed by atoms with Crippen LogP contribution in [0.15, 0.2) is 18.2 Å². The summed E-state index contributed by atoms with van der Waals surface area (Å²) in [5.41, 5.74) is -0.829. The maximum Gasteiger partial charge on any atom is 0.416 e. The molecule has 0 bridgehead atoms. The number of carbonyl (C=O) groups is 1. The fourth-order valence-electron chi connectivity index (χ4n) is 1.13. The highest BCUT2D eigenvalue weighted by Gasteiger charge is 2.31. The van der Waals surface area contributed by atoms with E-state index in [4.69, 9.17) is 23.2 Å². The van der Waals surface area contributed by atoms with E-state index in [1.54, 1.807) is 0 Å². The molecule has 0 amide bonds. The summed E-state index contributed by atoms with van der Waals surface area (Å²) in [6.45, 7) is 0. The van der Waals surface area contributed by atoms with Gasteiger partial charge in [-0.2, -0.15) is 13.2 Å². The van der Waals surface area contributed by atoms with Gasteiger partial charge in [-0.25, -0.2) is 4.79 Å². The number of rotatable bonds is 2. The first kappa shape index (κ1) is 14.9. The van der Waals surface area contributed by atoms with Crippen LogP contribution in [0.4, 0.5) is 13.2 Å². The molecule has 0 unspecified atom stereocenters. The zero-order valence-electron chi connectivity index (χ0n) is 9.02. The van der Waals surface area contributed by atoms with Crippen molar-refractivity contribution >= 4 is 35.2 Å². The average Bonchev–Trinajstić information content (AvgIpc) is 2.26. The molecule has 0 aliphatic carbocycles. The Morgan fingerprint density at radius 3 is 2.17 bits per heavy atom. The number of methoxy groups -OCH3 is 1. The quantitative estimate of drug-likeness (QED) is 0.604. The molecule has 0 aromatic heterocycles. The van der Waals surface area contributed by atoms with Crippen molar-refractivity contribution in [3.05, 3.63) is 39.4 Å². The lowest BCUT2D eigenvalue weighted by Gasteiger charge is -2.10. The number of esters is 1. The van der Waals surface area contributed by atoms with Crippen LogP contribution in [0.5, 0.6) is 0 Å². The monoisotopic (exact) mass is 298 g/mol. The molecule has 0 N–H and O–H groups in total. The molecule has 18 heavy (non-hydrogen) atoms. The van der Waals surface area contributed by atoms with Crippen molar-refractivity contribution < 1.29 is 22.7 Å². The lowest BCUT2D eigenvalue weighted by Crippen LogP contribution is -2.05. The second-order valence-corrected chi connectivity index (χ2v) is 4.02. The van der Waals surface area contributed by atoms with E-state index in [0.29, 0.717) is 0 Å². The smallest absolute Gasteiger partial charge is 0.416 e. The van der Waals surface area contributed by atoms with Crippen molar-refractivity contribution in [3.63, 3.8) is 0 Å². The van der Waals surface area contributed by atoms with Crippen LogP contribution in [0.2, 0.25) is 10.0 Å². The van der Waals surface area contributed by atoms with E-state index >= 15 is 0 Å². The van der Waals surface area contributed by atoms with Gasteiger partial charge in [0.25, 0.3) is 0 Å². The molecule has 1 aromatic carbocycles. The summed E-state index contributed by atoms with van der Waals surface area (Å²) in [5, 5.41) is -0.398. The molecule has 0 spiro atoms. The van der Waals surface area contributed by atoms with Crippen molar-refractivity contribution in [1.29, 1.82) is 0 Å². The first-order valence-corrected chi connectivity index (χ1v) is 5.33. The first-order valence-electron chi connectivity index (χ1n) is 4.58. The fraction of sp³-hybridized carbons (Fsp3) is 0.182. The van der Waals surface area contributed by atoms with Crippen LogP contribution in [0.1, 0.15) is 11.1 Å². The third-order valence-corrected chi connectivity index (χ3v) is 2.62. The molecule has 0 atom stereocenters. The van der Waals surface area contributed by atoms with Gasteiger partial charge in [-0.1, -0.05) is 23.2 Å². The molecule has 0 aliphatic rings. The maximum absolute atomic E-state index is 12.4. The predicted octanol–water partition coefficient (Wildman–Crippen LogP) is 4.20. The Labute approximate surface area is 111 Å². The number of alkyl halides is 3. The van der Waals surface area contributed by atoms with Crippen LogP contribution in [-0.2, 0) is 15.7 Å². The van der Waals surface area contributed by atoms with Crippen LogP contribution in [0, 0.1) is 0 Å². The van der Waals surface area contributed by atoms with Gasteiger partial charge in [0.15, 0.2) is 0 Å². The van der Waals surface area contributed by atoms with E-state index in [1.165, 1.54) is 13.2 Å². The third-order valence-electron chi connectivity index (χ3n) is 1.99. The van der Waals surface area contributed by atoms with Crippen LogP contribution >= 0.6 is 23.2 Å². The van der Waals surface area contributed by atoms with E-state index in [2.05, 4.69) is 4.74 Å². The Hall–Kier alpha value is -1.20. The summed E-state index contributed by atoms with van der Waals surface area (Å²) in [6.07, 6.45) is -2.32. The van der Waals surface area contributed by atoms with Gasteiger partial charge in [0.1, 0.15) is 0 Å². The second kappa shape index (κ2) is 5.63. The molecule has 1 rings (SSSR count). The molecule has 7 heteroatoms. The Morgan fingerprint density at radius 1 is 1.28 bits per heavy atom. The molecular weight excluding hydrogens is 292 g/mol. The minimum Gasteiger partial charge on any atom is -0.466 e. The maximum atomic E-state index is 12.4. The Morgan fingerprint density at radius 2 is 1.78 bits per heavy atom. The lowest BCUT2D eigenvalue weighted by molar-refractivity contribution is -0.137. The number of ether oxygens (including phenoxy) is 1. The molecule has 0 heterocycles. The van der Waals surface area contributed by atoms with E-state index in [1.807, 2.05) is 0 Å². The minimum absolute atomic E-state index is 0.122. The fourth-order valence-corrected chi connectivity index (χ4v) is 1.74. The van der Waals surface area contributed by atoms with E-state index < -0.39 is 17.7 Å². The van der Waals surface area contributed by atoms with Gasteiger partial charge in [-0.3, -0.25) is 0 Å². The van der Waals surface area contributed by atoms with Crippen LogP contribution in [-0.4, -0.2) is 13.1 Å². The summed E-state index contributed by atoms with van der Waals surface area (Å²) < 4.78 is 41.7. The standard InChI is InChI=1S/C11H7Cl2F3O2/c1-18-10(17)3-2-7-8(12)4-6(5-9(7)13)11(14,15)16/h2-5H,1H3. The van der Waals surface area contributed by atoms with Crippen molar-refractivity contribution in [2.24, 2.45) is 0 Å². The van der Waals surface area contributed by atoms with Crippen LogP contribution in [0.25, 0.3) is 6.08 Å². The zero-order chi connectivity index (χ0) is 13.9. The number of hydrogen-bond donors (Lipinski definition) is 0. The molecular formula is C11H7Cl2F3O2. The average molecular weight is 299 g/mol. The highest BCUT2D eigenvalue weighted by atomic mass is 35.5. The number of halogens is 5. The SMILES string of the molecule is COC(=O)C=Cc1c(Cl)cc(C(F)(F)F)cc1Cl. The Bertz CT molecular complexity index is 473. The summed E-state index contributed by atoms with van der Waals surface area (Å²) >= 11 is 11.4. The zero-order valence-corrected chi connectivity index (χ0v) is 10.5. The van der Waals surface area contributed by atoms with Gasteiger partial charge in [0.2, 0.25) is 0 Å². The van der Waals surface area contributed by atoms with E-state index in [9.17, 15) is 18.0 Å².